The Morgan fingerprint density at radius 3 is 2.50 bits per heavy atom. The molecule has 0 radical (unpaired) electrons. The summed E-state index contributed by atoms with van der Waals surface area (Å²) in [4.78, 5) is 11.8. The van der Waals surface area contributed by atoms with Crippen molar-refractivity contribution in [2.75, 3.05) is 6.61 Å². The van der Waals surface area contributed by atoms with E-state index in [-0.39, 0.29) is 30.9 Å². The number of carbonyl (C=O) groups excluding carboxylic acids is 1. The number of halogens is 2. The minimum Gasteiger partial charge on any atom is -0.394 e. The van der Waals surface area contributed by atoms with Crippen LogP contribution in [0.1, 0.15) is 19.4 Å². The van der Waals surface area contributed by atoms with Crippen LogP contribution in [0.3, 0.4) is 0 Å². The van der Waals surface area contributed by atoms with E-state index in [9.17, 15) is 4.79 Å². The van der Waals surface area contributed by atoms with Gasteiger partial charge in [0.15, 0.2) is 0 Å². The van der Waals surface area contributed by atoms with Crippen molar-refractivity contribution < 1.29 is 9.90 Å². The molecule has 1 rings (SSSR count). The van der Waals surface area contributed by atoms with Crippen molar-refractivity contribution in [1.29, 1.82) is 0 Å². The summed E-state index contributed by atoms with van der Waals surface area (Å²) in [6, 6.07) is 4.88. The standard InChI is InChI=1S/C13H17Cl2NO2/c1-8(2)12(7-17)16-13(18)6-9-3-4-10(14)11(15)5-9/h3-5,8,12,17H,6-7H2,1-2H3,(H,16,18). The summed E-state index contributed by atoms with van der Waals surface area (Å²) in [5, 5.41) is 12.8. The fourth-order valence-electron chi connectivity index (χ4n) is 1.52. The first-order valence-electron chi connectivity index (χ1n) is 5.78. The Morgan fingerprint density at radius 1 is 1.33 bits per heavy atom. The Balaban J connectivity index is 2.61. The van der Waals surface area contributed by atoms with E-state index in [4.69, 9.17) is 28.3 Å². The quantitative estimate of drug-likeness (QED) is 0.876. The summed E-state index contributed by atoms with van der Waals surface area (Å²) in [6.45, 7) is 3.82. The first kappa shape index (κ1) is 15.3. The molecule has 1 aromatic rings. The fourth-order valence-corrected chi connectivity index (χ4v) is 1.84. The molecular formula is C13H17Cl2NO2. The maximum absolute atomic E-state index is 11.8. The number of hydrogen-bond donors (Lipinski definition) is 2. The van der Waals surface area contributed by atoms with Gasteiger partial charge >= 0.3 is 0 Å². The van der Waals surface area contributed by atoms with Gasteiger partial charge in [0, 0.05) is 0 Å². The first-order chi connectivity index (χ1) is 8.43. The molecule has 0 bridgehead atoms. The van der Waals surface area contributed by atoms with Crippen LogP contribution in [-0.2, 0) is 11.2 Å². The average Bonchev–Trinajstić information content (AvgIpc) is 2.30. The van der Waals surface area contributed by atoms with Gasteiger partial charge in [-0.25, -0.2) is 0 Å². The van der Waals surface area contributed by atoms with Gasteiger partial charge in [-0.05, 0) is 23.6 Å². The molecule has 0 aliphatic rings. The molecule has 0 aliphatic heterocycles. The lowest BCUT2D eigenvalue weighted by molar-refractivity contribution is -0.121. The Labute approximate surface area is 117 Å². The zero-order valence-electron chi connectivity index (χ0n) is 10.4. The molecule has 0 fully saturated rings. The van der Waals surface area contributed by atoms with Crippen LogP contribution < -0.4 is 5.32 Å². The van der Waals surface area contributed by atoms with Crippen LogP contribution in [0.2, 0.25) is 10.0 Å². The summed E-state index contributed by atoms with van der Waals surface area (Å²) in [6.07, 6.45) is 0.222. The molecule has 1 amide bonds. The fraction of sp³-hybridized carbons (Fsp3) is 0.462. The van der Waals surface area contributed by atoms with Crippen LogP contribution in [0.4, 0.5) is 0 Å². The minimum absolute atomic E-state index is 0.0647. The second-order valence-corrected chi connectivity index (χ2v) is 5.34. The number of aliphatic hydroxyl groups is 1. The van der Waals surface area contributed by atoms with Crippen molar-refractivity contribution in [3.05, 3.63) is 33.8 Å². The number of nitrogens with one attached hydrogen (secondary N) is 1. The highest BCUT2D eigenvalue weighted by Gasteiger charge is 2.15. The molecule has 1 atom stereocenters. The van der Waals surface area contributed by atoms with Gasteiger partial charge in [0.25, 0.3) is 0 Å². The second-order valence-electron chi connectivity index (χ2n) is 4.53. The number of hydrogen-bond acceptors (Lipinski definition) is 2. The van der Waals surface area contributed by atoms with E-state index < -0.39 is 0 Å². The van der Waals surface area contributed by atoms with Gasteiger partial charge < -0.3 is 10.4 Å². The van der Waals surface area contributed by atoms with Crippen LogP contribution in [0.5, 0.6) is 0 Å². The van der Waals surface area contributed by atoms with E-state index >= 15 is 0 Å². The Morgan fingerprint density at radius 2 is 2.00 bits per heavy atom. The lowest BCUT2D eigenvalue weighted by atomic mass is 10.0. The predicted molar refractivity (Wildman–Crippen MR) is 74.0 cm³/mol. The van der Waals surface area contributed by atoms with Crippen LogP contribution in [0.15, 0.2) is 18.2 Å². The monoisotopic (exact) mass is 289 g/mol. The molecule has 0 heterocycles. The number of carbonyl (C=O) groups is 1. The number of amides is 1. The Hall–Kier alpha value is -0.770. The lowest BCUT2D eigenvalue weighted by Gasteiger charge is -2.19. The lowest BCUT2D eigenvalue weighted by Crippen LogP contribution is -2.41. The third-order valence-electron chi connectivity index (χ3n) is 2.70. The average molecular weight is 290 g/mol. The molecule has 18 heavy (non-hydrogen) atoms. The second kappa shape index (κ2) is 6.98. The first-order valence-corrected chi connectivity index (χ1v) is 6.53. The molecule has 2 N–H and O–H groups in total. The third kappa shape index (κ3) is 4.48. The van der Waals surface area contributed by atoms with E-state index in [1.165, 1.54) is 0 Å². The zero-order valence-corrected chi connectivity index (χ0v) is 11.9. The van der Waals surface area contributed by atoms with Gasteiger partial charge in [-0.3, -0.25) is 4.79 Å². The maximum atomic E-state index is 11.8. The zero-order chi connectivity index (χ0) is 13.7. The molecular weight excluding hydrogens is 273 g/mol. The number of benzene rings is 1. The summed E-state index contributed by atoms with van der Waals surface area (Å²) < 4.78 is 0. The molecule has 1 unspecified atom stereocenters. The molecule has 0 spiro atoms. The van der Waals surface area contributed by atoms with Gasteiger partial charge in [-0.15, -0.1) is 0 Å². The van der Waals surface area contributed by atoms with Crippen molar-refractivity contribution in [3.63, 3.8) is 0 Å². The third-order valence-corrected chi connectivity index (χ3v) is 3.44. The van der Waals surface area contributed by atoms with E-state index in [0.29, 0.717) is 10.0 Å². The van der Waals surface area contributed by atoms with E-state index in [1.807, 2.05) is 13.8 Å². The van der Waals surface area contributed by atoms with E-state index in [0.717, 1.165) is 5.56 Å². The van der Waals surface area contributed by atoms with Crippen molar-refractivity contribution in [1.82, 2.24) is 5.32 Å². The predicted octanol–water partition coefficient (Wildman–Crippen LogP) is 2.67. The highest BCUT2D eigenvalue weighted by molar-refractivity contribution is 6.42. The van der Waals surface area contributed by atoms with Crippen LogP contribution in [-0.4, -0.2) is 23.7 Å². The molecule has 100 valence electrons. The molecule has 0 saturated heterocycles. The van der Waals surface area contributed by atoms with Gasteiger partial charge in [0.1, 0.15) is 0 Å². The topological polar surface area (TPSA) is 49.3 Å². The van der Waals surface area contributed by atoms with Crippen molar-refractivity contribution in [3.8, 4) is 0 Å². The molecule has 5 heteroatoms. The Bertz CT molecular complexity index is 421. The van der Waals surface area contributed by atoms with Gasteiger partial charge in [-0.1, -0.05) is 43.1 Å². The van der Waals surface area contributed by atoms with Crippen LogP contribution in [0, 0.1) is 5.92 Å². The van der Waals surface area contributed by atoms with E-state index in [1.54, 1.807) is 18.2 Å². The number of aliphatic hydroxyl groups excluding tert-OH is 1. The van der Waals surface area contributed by atoms with E-state index in [2.05, 4.69) is 5.32 Å². The summed E-state index contributed by atoms with van der Waals surface area (Å²) in [5.41, 5.74) is 0.794. The molecule has 0 aromatic heterocycles. The van der Waals surface area contributed by atoms with Crippen molar-refractivity contribution in [2.24, 2.45) is 5.92 Å². The molecule has 1 aromatic carbocycles. The highest BCUT2D eigenvalue weighted by atomic mass is 35.5. The smallest absolute Gasteiger partial charge is 0.224 e. The normalized spacial score (nSPS) is 12.6. The summed E-state index contributed by atoms with van der Waals surface area (Å²) >= 11 is 11.7. The molecule has 0 aliphatic carbocycles. The van der Waals surface area contributed by atoms with Crippen molar-refractivity contribution >= 4 is 29.1 Å². The maximum Gasteiger partial charge on any atom is 0.224 e. The summed E-state index contributed by atoms with van der Waals surface area (Å²) in [7, 11) is 0. The van der Waals surface area contributed by atoms with Gasteiger partial charge in [0.05, 0.1) is 29.1 Å². The summed E-state index contributed by atoms with van der Waals surface area (Å²) in [5.74, 6) is 0.0499. The van der Waals surface area contributed by atoms with Crippen LogP contribution >= 0.6 is 23.2 Å². The van der Waals surface area contributed by atoms with Gasteiger partial charge in [0.2, 0.25) is 5.91 Å². The van der Waals surface area contributed by atoms with Crippen LogP contribution in [0.25, 0.3) is 0 Å². The van der Waals surface area contributed by atoms with Crippen molar-refractivity contribution in [2.45, 2.75) is 26.3 Å². The Kier molecular flexibility index (Phi) is 5.93. The SMILES string of the molecule is CC(C)C(CO)NC(=O)Cc1ccc(Cl)c(Cl)c1. The molecule has 3 nitrogen and oxygen atoms in total. The highest BCUT2D eigenvalue weighted by Crippen LogP contribution is 2.22. The largest absolute Gasteiger partial charge is 0.394 e. The van der Waals surface area contributed by atoms with Gasteiger partial charge in [-0.2, -0.15) is 0 Å². The molecule has 0 saturated carbocycles. The minimum atomic E-state index is -0.222. The number of rotatable bonds is 5.